The predicted octanol–water partition coefficient (Wildman–Crippen LogP) is 14.6. The molecule has 5 heterocycles. The Balaban J connectivity index is 1.05. The van der Waals surface area contributed by atoms with E-state index in [1.807, 2.05) is 115 Å². The fourth-order valence-electron chi connectivity index (χ4n) is 10.3. The summed E-state index contributed by atoms with van der Waals surface area (Å²) in [6.45, 7) is 0. The molecule has 0 N–H and O–H groups in total. The summed E-state index contributed by atoms with van der Waals surface area (Å²) in [5.41, 5.74) is 11.5. The van der Waals surface area contributed by atoms with E-state index in [4.69, 9.17) is 23.8 Å². The Labute approximate surface area is 386 Å². The van der Waals surface area contributed by atoms with Crippen LogP contribution in [-0.4, -0.2) is 24.1 Å². The van der Waals surface area contributed by atoms with Crippen molar-refractivity contribution in [3.8, 4) is 57.7 Å². The normalized spacial score (nSPS) is 11.8. The molecule has 0 unspecified atom stereocenters. The predicted molar refractivity (Wildman–Crippen MR) is 269 cm³/mol. The second-order valence-electron chi connectivity index (χ2n) is 16.9. The Morgan fingerprint density at radius 2 is 0.794 bits per heavy atom. The number of hydrogen-bond donors (Lipinski definition) is 0. The van der Waals surface area contributed by atoms with Crippen molar-refractivity contribution in [3.63, 3.8) is 0 Å². The smallest absolute Gasteiger partial charge is 0.166 e. The summed E-state index contributed by atoms with van der Waals surface area (Å²) < 4.78 is 17.6. The maximum absolute atomic E-state index is 10.4. The van der Waals surface area contributed by atoms with Gasteiger partial charge in [0.2, 0.25) is 0 Å². The van der Waals surface area contributed by atoms with Crippen molar-refractivity contribution in [2.45, 2.75) is 0 Å². The van der Waals surface area contributed by atoms with E-state index in [1.165, 1.54) is 0 Å². The molecule has 314 valence electrons. The highest BCUT2D eigenvalue weighted by atomic mass is 16.3. The van der Waals surface area contributed by atoms with Crippen molar-refractivity contribution >= 4 is 87.5 Å². The second-order valence-corrected chi connectivity index (χ2v) is 16.9. The van der Waals surface area contributed by atoms with E-state index in [2.05, 4.69) is 81.9 Å². The lowest BCUT2D eigenvalue weighted by molar-refractivity contribution is 0.672. The van der Waals surface area contributed by atoms with E-state index < -0.39 is 0 Å². The molecule has 0 fully saturated rings. The van der Waals surface area contributed by atoms with Gasteiger partial charge in [-0.05, 0) is 84.9 Å². The number of nitrogens with zero attached hydrogens (tertiary/aromatic N) is 7. The van der Waals surface area contributed by atoms with E-state index in [-0.39, 0.29) is 0 Å². The molecule has 0 aliphatic rings. The highest BCUT2D eigenvalue weighted by Crippen LogP contribution is 2.44. The van der Waals surface area contributed by atoms with Crippen molar-refractivity contribution in [1.82, 2.24) is 24.1 Å². The highest BCUT2D eigenvalue weighted by Gasteiger charge is 2.25. The third-order valence-electron chi connectivity index (χ3n) is 13.2. The van der Waals surface area contributed by atoms with E-state index in [0.717, 1.165) is 104 Å². The van der Waals surface area contributed by atoms with Gasteiger partial charge in [0.1, 0.15) is 22.3 Å². The van der Waals surface area contributed by atoms with Crippen LogP contribution in [0.15, 0.2) is 197 Å². The Bertz CT molecular complexity index is 4270. The van der Waals surface area contributed by atoms with Gasteiger partial charge in [0.05, 0.1) is 67.5 Å². The first-order valence-electron chi connectivity index (χ1n) is 22.2. The molecule has 0 radical (unpaired) electrons. The molecule has 0 spiro atoms. The van der Waals surface area contributed by atoms with E-state index in [9.17, 15) is 10.5 Å². The van der Waals surface area contributed by atoms with Crippen LogP contribution in [0.2, 0.25) is 0 Å². The molecular weight excluding hydrogens is 839 g/mol. The van der Waals surface area contributed by atoms with Gasteiger partial charge in [-0.2, -0.15) is 10.5 Å². The van der Waals surface area contributed by atoms with Crippen molar-refractivity contribution in [3.05, 3.63) is 199 Å². The molecule has 68 heavy (non-hydrogen) atoms. The Morgan fingerprint density at radius 3 is 1.28 bits per heavy atom. The summed E-state index contributed by atoms with van der Waals surface area (Å²) in [5.74, 6) is 1.28. The van der Waals surface area contributed by atoms with Gasteiger partial charge in [-0.1, -0.05) is 103 Å². The third kappa shape index (κ3) is 5.39. The molecule has 0 bridgehead atoms. The van der Waals surface area contributed by atoms with Crippen molar-refractivity contribution in [2.75, 3.05) is 0 Å². The molecule has 9 aromatic carbocycles. The molecule has 0 aliphatic carbocycles. The lowest BCUT2D eigenvalue weighted by atomic mass is 10.1. The molecule has 0 amide bonds. The number of furan rings is 2. The summed E-state index contributed by atoms with van der Waals surface area (Å²) in [4.78, 5) is 15.9. The summed E-state index contributed by atoms with van der Waals surface area (Å²) in [6, 6.07) is 67.1. The van der Waals surface area contributed by atoms with Crippen LogP contribution >= 0.6 is 0 Å². The minimum absolute atomic E-state index is 0.408. The lowest BCUT2D eigenvalue weighted by Crippen LogP contribution is -2.06. The van der Waals surface area contributed by atoms with Crippen molar-refractivity contribution in [2.24, 2.45) is 0 Å². The summed E-state index contributed by atoms with van der Waals surface area (Å²) in [7, 11) is 0. The molecule has 9 nitrogen and oxygen atoms in total. The Morgan fingerprint density at radius 1 is 0.368 bits per heavy atom. The average Bonchev–Trinajstić information content (AvgIpc) is 4.16. The standard InChI is InChI=1S/C59H31N7O2/c60-32-34-22-24-43(49(30-34)65-45-18-8-4-16-41(45)53-47(65)28-26-39-37-14-6-10-20-51(37)67-55(39)53)58-62-57(36-12-2-1-3-13-36)63-59(64-58)44-25-23-35(33-61)31-50(44)66-46-19-9-5-17-42(46)54-48(66)29-27-40-38-15-7-11-21-52(38)68-56(40)54/h1-31H. The molecule has 0 atom stereocenters. The largest absolute Gasteiger partial charge is 0.455 e. The molecule has 14 aromatic rings. The van der Waals surface area contributed by atoms with Crippen LogP contribution in [0.1, 0.15) is 11.1 Å². The minimum atomic E-state index is 0.408. The molecule has 5 aromatic heterocycles. The van der Waals surface area contributed by atoms with Gasteiger partial charge in [-0.25, -0.2) is 15.0 Å². The van der Waals surface area contributed by atoms with Crippen LogP contribution in [0, 0.1) is 22.7 Å². The van der Waals surface area contributed by atoms with E-state index in [1.54, 1.807) is 12.1 Å². The van der Waals surface area contributed by atoms with Gasteiger partial charge in [-0.15, -0.1) is 0 Å². The zero-order chi connectivity index (χ0) is 45.0. The Hall–Kier alpha value is -9.83. The number of para-hydroxylation sites is 4. The van der Waals surface area contributed by atoms with Gasteiger partial charge < -0.3 is 18.0 Å². The van der Waals surface area contributed by atoms with E-state index in [0.29, 0.717) is 39.7 Å². The number of nitriles is 2. The third-order valence-corrected chi connectivity index (χ3v) is 13.2. The van der Waals surface area contributed by atoms with Crippen molar-refractivity contribution < 1.29 is 8.83 Å². The first-order valence-corrected chi connectivity index (χ1v) is 22.2. The Kier molecular flexibility index (Phi) is 7.91. The van der Waals surface area contributed by atoms with Gasteiger partial charge in [0.25, 0.3) is 0 Å². The number of rotatable bonds is 5. The lowest BCUT2D eigenvalue weighted by Gasteiger charge is -2.17. The van der Waals surface area contributed by atoms with Gasteiger partial charge >= 0.3 is 0 Å². The number of benzene rings is 9. The molecule has 14 rings (SSSR count). The number of fused-ring (bicyclic) bond motifs is 14. The van der Waals surface area contributed by atoms with Crippen LogP contribution < -0.4 is 0 Å². The topological polar surface area (TPSA) is 122 Å². The quantitative estimate of drug-likeness (QED) is 0.169. The second kappa shape index (κ2) is 14.3. The average molecular weight is 870 g/mol. The number of hydrogen-bond acceptors (Lipinski definition) is 7. The summed E-state index contributed by atoms with van der Waals surface area (Å²) in [5, 5.41) is 28.9. The summed E-state index contributed by atoms with van der Waals surface area (Å²) in [6.07, 6.45) is 0. The minimum Gasteiger partial charge on any atom is -0.455 e. The first kappa shape index (κ1) is 37.5. The molecule has 0 saturated carbocycles. The fraction of sp³-hybridized carbons (Fsp3) is 0. The summed E-state index contributed by atoms with van der Waals surface area (Å²) >= 11 is 0. The molecular formula is C59H31N7O2. The molecule has 9 heteroatoms. The monoisotopic (exact) mass is 869 g/mol. The van der Waals surface area contributed by atoms with Crippen LogP contribution in [0.25, 0.3) is 133 Å². The maximum Gasteiger partial charge on any atom is 0.166 e. The maximum atomic E-state index is 10.4. The van der Waals surface area contributed by atoms with Crippen LogP contribution in [0.4, 0.5) is 0 Å². The molecule has 0 saturated heterocycles. The van der Waals surface area contributed by atoms with Crippen LogP contribution in [-0.2, 0) is 0 Å². The van der Waals surface area contributed by atoms with Crippen molar-refractivity contribution in [1.29, 1.82) is 10.5 Å². The molecule has 0 aliphatic heterocycles. The van der Waals surface area contributed by atoms with Gasteiger partial charge in [-0.3, -0.25) is 0 Å². The van der Waals surface area contributed by atoms with Crippen LogP contribution in [0.5, 0.6) is 0 Å². The first-order chi connectivity index (χ1) is 33.6. The zero-order valence-electron chi connectivity index (χ0n) is 35.8. The van der Waals surface area contributed by atoms with Gasteiger partial charge in [0, 0.05) is 49.0 Å². The SMILES string of the molecule is N#Cc1ccc(-c2nc(-c3ccccc3)nc(-c3ccc(C#N)cc3-n3c4ccccc4c4c5oc6ccccc6c5ccc43)n2)c(-n2c3ccccc3c3c4oc5ccccc5c4ccc32)c1. The number of aromatic nitrogens is 5. The zero-order valence-corrected chi connectivity index (χ0v) is 35.8. The van der Waals surface area contributed by atoms with Crippen LogP contribution in [0.3, 0.4) is 0 Å². The highest BCUT2D eigenvalue weighted by molar-refractivity contribution is 6.25. The van der Waals surface area contributed by atoms with Gasteiger partial charge in [0.15, 0.2) is 17.5 Å². The van der Waals surface area contributed by atoms with E-state index >= 15 is 0 Å². The fourth-order valence-corrected chi connectivity index (χ4v) is 10.3.